The summed E-state index contributed by atoms with van der Waals surface area (Å²) in [5.41, 5.74) is 2.47. The molecule has 0 aliphatic rings. The van der Waals surface area contributed by atoms with Gasteiger partial charge in [0.1, 0.15) is 5.75 Å². The molecule has 0 fully saturated rings. The number of urea groups is 1. The zero-order chi connectivity index (χ0) is 16.8. The molecule has 0 aliphatic heterocycles. The Labute approximate surface area is 140 Å². The number of para-hydroxylation sites is 1. The Bertz CT molecular complexity index is 800. The highest BCUT2D eigenvalue weighted by Crippen LogP contribution is 2.20. The van der Waals surface area contributed by atoms with E-state index in [4.69, 9.17) is 4.74 Å². The number of benzene rings is 2. The molecule has 5 nitrogen and oxygen atoms in total. The van der Waals surface area contributed by atoms with E-state index >= 15 is 0 Å². The van der Waals surface area contributed by atoms with Crippen molar-refractivity contribution in [3.05, 3.63) is 78.5 Å². The van der Waals surface area contributed by atoms with E-state index in [0.29, 0.717) is 11.6 Å². The number of nitrogens with zero attached hydrogens (tertiary/aromatic N) is 1. The minimum absolute atomic E-state index is 0.324. The van der Waals surface area contributed by atoms with Crippen LogP contribution in [0.3, 0.4) is 0 Å². The van der Waals surface area contributed by atoms with Crippen molar-refractivity contribution in [3.8, 4) is 11.6 Å². The lowest BCUT2D eigenvalue weighted by molar-refractivity contribution is 0.262. The van der Waals surface area contributed by atoms with Gasteiger partial charge in [0.15, 0.2) is 0 Å². The number of ether oxygens (including phenoxy) is 1. The number of aryl methyl sites for hydroxylation is 1. The van der Waals surface area contributed by atoms with Crippen LogP contribution in [0.25, 0.3) is 0 Å². The second-order valence-electron chi connectivity index (χ2n) is 5.25. The van der Waals surface area contributed by atoms with Gasteiger partial charge >= 0.3 is 6.03 Å². The first kappa shape index (κ1) is 15.6. The number of nitrogens with one attached hydrogen (secondary N) is 2. The summed E-state index contributed by atoms with van der Waals surface area (Å²) in [6, 6.07) is 20.1. The molecule has 5 heteroatoms. The van der Waals surface area contributed by atoms with Crippen LogP contribution in [-0.2, 0) is 0 Å². The molecule has 2 amide bonds. The van der Waals surface area contributed by atoms with Crippen LogP contribution in [0.15, 0.2) is 72.9 Å². The lowest BCUT2D eigenvalue weighted by Crippen LogP contribution is -2.19. The van der Waals surface area contributed by atoms with Crippen molar-refractivity contribution < 1.29 is 9.53 Å². The number of carbonyl (C=O) groups is 1. The molecule has 0 atom stereocenters. The first-order valence-electron chi connectivity index (χ1n) is 7.53. The standard InChI is InChI=1S/C19H17N3O2/c1-14-7-10-17(11-8-14)24-18-12-9-16(13-20-18)22-19(23)21-15-5-3-2-4-6-15/h2-13H,1H3,(H2,21,22,23). The number of hydrogen-bond donors (Lipinski definition) is 2. The van der Waals surface area contributed by atoms with Gasteiger partial charge < -0.3 is 15.4 Å². The van der Waals surface area contributed by atoms with Crippen LogP contribution in [0.2, 0.25) is 0 Å². The van der Waals surface area contributed by atoms with E-state index in [1.165, 1.54) is 5.56 Å². The third kappa shape index (κ3) is 4.33. The van der Waals surface area contributed by atoms with Crippen molar-refractivity contribution in [1.82, 2.24) is 4.98 Å². The van der Waals surface area contributed by atoms with Gasteiger partial charge in [-0.25, -0.2) is 9.78 Å². The normalized spacial score (nSPS) is 10.0. The molecule has 0 spiro atoms. The fourth-order valence-electron chi connectivity index (χ4n) is 2.06. The van der Waals surface area contributed by atoms with Crippen molar-refractivity contribution >= 4 is 17.4 Å². The van der Waals surface area contributed by atoms with Gasteiger partial charge in [0.25, 0.3) is 0 Å². The van der Waals surface area contributed by atoms with Crippen LogP contribution in [0.1, 0.15) is 5.56 Å². The molecule has 0 aliphatic carbocycles. The van der Waals surface area contributed by atoms with Crippen LogP contribution in [0.4, 0.5) is 16.2 Å². The Morgan fingerprint density at radius 3 is 2.25 bits per heavy atom. The highest BCUT2D eigenvalue weighted by atomic mass is 16.5. The average molecular weight is 319 g/mol. The molecule has 0 saturated heterocycles. The second-order valence-corrected chi connectivity index (χ2v) is 5.25. The van der Waals surface area contributed by atoms with Crippen molar-refractivity contribution in [2.24, 2.45) is 0 Å². The zero-order valence-corrected chi connectivity index (χ0v) is 13.2. The van der Waals surface area contributed by atoms with Crippen LogP contribution in [0, 0.1) is 6.92 Å². The third-order valence-corrected chi connectivity index (χ3v) is 3.27. The molecule has 2 N–H and O–H groups in total. The number of pyridine rings is 1. The van der Waals surface area contributed by atoms with E-state index in [9.17, 15) is 4.79 Å². The maximum absolute atomic E-state index is 11.9. The number of amides is 2. The SMILES string of the molecule is Cc1ccc(Oc2ccc(NC(=O)Nc3ccccc3)cn2)cc1. The lowest BCUT2D eigenvalue weighted by atomic mass is 10.2. The Morgan fingerprint density at radius 2 is 1.58 bits per heavy atom. The zero-order valence-electron chi connectivity index (χ0n) is 13.2. The van der Waals surface area contributed by atoms with Crippen LogP contribution in [-0.4, -0.2) is 11.0 Å². The minimum atomic E-state index is -0.324. The Morgan fingerprint density at radius 1 is 0.875 bits per heavy atom. The fourth-order valence-corrected chi connectivity index (χ4v) is 2.06. The van der Waals surface area contributed by atoms with E-state index in [-0.39, 0.29) is 6.03 Å². The summed E-state index contributed by atoms with van der Waals surface area (Å²) in [4.78, 5) is 16.1. The number of aromatic nitrogens is 1. The molecule has 24 heavy (non-hydrogen) atoms. The number of carbonyl (C=O) groups excluding carboxylic acids is 1. The van der Waals surface area contributed by atoms with Gasteiger partial charge in [-0.05, 0) is 37.3 Å². The topological polar surface area (TPSA) is 63.2 Å². The second kappa shape index (κ2) is 7.28. The summed E-state index contributed by atoms with van der Waals surface area (Å²) < 4.78 is 5.65. The largest absolute Gasteiger partial charge is 0.439 e. The van der Waals surface area contributed by atoms with E-state index in [1.54, 1.807) is 18.3 Å². The monoisotopic (exact) mass is 319 g/mol. The van der Waals surface area contributed by atoms with Gasteiger partial charge in [-0.1, -0.05) is 35.9 Å². The first-order chi connectivity index (χ1) is 11.7. The van der Waals surface area contributed by atoms with E-state index in [1.807, 2.05) is 61.5 Å². The van der Waals surface area contributed by atoms with Crippen LogP contribution < -0.4 is 15.4 Å². The van der Waals surface area contributed by atoms with Gasteiger partial charge in [-0.2, -0.15) is 0 Å². The Hall–Kier alpha value is -3.34. The average Bonchev–Trinajstić information content (AvgIpc) is 2.59. The summed E-state index contributed by atoms with van der Waals surface area (Å²) in [5, 5.41) is 5.46. The highest BCUT2D eigenvalue weighted by Gasteiger charge is 2.04. The fraction of sp³-hybridized carbons (Fsp3) is 0.0526. The van der Waals surface area contributed by atoms with E-state index in [0.717, 1.165) is 11.4 Å². The van der Waals surface area contributed by atoms with Crippen LogP contribution in [0.5, 0.6) is 11.6 Å². The van der Waals surface area contributed by atoms with E-state index < -0.39 is 0 Å². The summed E-state index contributed by atoms with van der Waals surface area (Å²) in [7, 11) is 0. The molecule has 0 saturated carbocycles. The predicted molar refractivity (Wildman–Crippen MR) is 94.6 cm³/mol. The molecule has 1 heterocycles. The smallest absolute Gasteiger partial charge is 0.323 e. The van der Waals surface area contributed by atoms with Gasteiger partial charge in [-0.15, -0.1) is 0 Å². The highest BCUT2D eigenvalue weighted by molar-refractivity contribution is 5.99. The van der Waals surface area contributed by atoms with Crippen molar-refractivity contribution in [1.29, 1.82) is 0 Å². The molecule has 3 aromatic rings. The molecule has 2 aromatic carbocycles. The first-order valence-corrected chi connectivity index (χ1v) is 7.53. The van der Waals surface area contributed by atoms with Gasteiger partial charge in [-0.3, -0.25) is 0 Å². The van der Waals surface area contributed by atoms with Crippen molar-refractivity contribution in [3.63, 3.8) is 0 Å². The minimum Gasteiger partial charge on any atom is -0.439 e. The molecule has 0 bridgehead atoms. The molecule has 0 radical (unpaired) electrons. The Kier molecular flexibility index (Phi) is 4.72. The predicted octanol–water partition coefficient (Wildman–Crippen LogP) is 4.83. The number of anilines is 2. The Balaban J connectivity index is 1.58. The lowest BCUT2D eigenvalue weighted by Gasteiger charge is -2.08. The van der Waals surface area contributed by atoms with Crippen molar-refractivity contribution in [2.45, 2.75) is 6.92 Å². The molecular weight excluding hydrogens is 302 g/mol. The maximum atomic E-state index is 11.9. The molecular formula is C19H17N3O2. The maximum Gasteiger partial charge on any atom is 0.323 e. The quantitative estimate of drug-likeness (QED) is 0.724. The van der Waals surface area contributed by atoms with Gasteiger partial charge in [0, 0.05) is 11.8 Å². The van der Waals surface area contributed by atoms with Gasteiger partial charge in [0.2, 0.25) is 5.88 Å². The van der Waals surface area contributed by atoms with E-state index in [2.05, 4.69) is 15.6 Å². The number of hydrogen-bond acceptors (Lipinski definition) is 3. The van der Waals surface area contributed by atoms with Crippen molar-refractivity contribution in [2.75, 3.05) is 10.6 Å². The summed E-state index contributed by atoms with van der Waals surface area (Å²) in [6.07, 6.45) is 1.55. The van der Waals surface area contributed by atoms with Crippen LogP contribution >= 0.6 is 0 Å². The molecule has 3 rings (SSSR count). The third-order valence-electron chi connectivity index (χ3n) is 3.27. The summed E-state index contributed by atoms with van der Waals surface area (Å²) in [5.74, 6) is 1.18. The molecule has 120 valence electrons. The van der Waals surface area contributed by atoms with Gasteiger partial charge in [0.05, 0.1) is 11.9 Å². The summed E-state index contributed by atoms with van der Waals surface area (Å²) >= 11 is 0. The number of rotatable bonds is 4. The molecule has 1 aromatic heterocycles. The molecule has 0 unspecified atom stereocenters. The summed E-state index contributed by atoms with van der Waals surface area (Å²) in [6.45, 7) is 2.02.